The smallest absolute Gasteiger partial charge is 0.411 e. The lowest BCUT2D eigenvalue weighted by molar-refractivity contribution is -0.116. The first kappa shape index (κ1) is 21.7. The van der Waals surface area contributed by atoms with Gasteiger partial charge in [0.15, 0.2) is 0 Å². The molecule has 0 atom stereocenters. The molecule has 0 aliphatic rings. The summed E-state index contributed by atoms with van der Waals surface area (Å²) < 4.78 is 11.0. The van der Waals surface area contributed by atoms with Crippen molar-refractivity contribution in [2.24, 2.45) is 0 Å². The quantitative estimate of drug-likeness (QED) is 0.452. The van der Waals surface area contributed by atoms with Crippen molar-refractivity contribution in [3.05, 3.63) is 53.5 Å². The zero-order chi connectivity index (χ0) is 21.2. The van der Waals surface area contributed by atoms with Gasteiger partial charge in [0, 0.05) is 24.9 Å². The number of carbonyl (C=O) groups is 2. The second-order valence-corrected chi connectivity index (χ2v) is 7.78. The van der Waals surface area contributed by atoms with Crippen LogP contribution < -0.4 is 10.6 Å². The highest BCUT2D eigenvalue weighted by Gasteiger charge is 2.07. The Morgan fingerprint density at radius 1 is 1.00 bits per heavy atom. The molecule has 0 unspecified atom stereocenters. The maximum atomic E-state index is 12.2. The van der Waals surface area contributed by atoms with Crippen molar-refractivity contribution in [2.75, 3.05) is 31.0 Å². The van der Waals surface area contributed by atoms with Gasteiger partial charge >= 0.3 is 6.09 Å². The first-order valence-electron chi connectivity index (χ1n) is 9.81. The van der Waals surface area contributed by atoms with E-state index in [1.807, 2.05) is 18.2 Å². The largest absolute Gasteiger partial charge is 0.447 e. The van der Waals surface area contributed by atoms with Gasteiger partial charge in [0.2, 0.25) is 5.91 Å². The number of aryl methyl sites for hydroxylation is 1. The zero-order valence-electron chi connectivity index (χ0n) is 16.8. The molecule has 3 aromatic rings. The Balaban J connectivity index is 1.39. The van der Waals surface area contributed by atoms with Crippen molar-refractivity contribution < 1.29 is 19.1 Å². The van der Waals surface area contributed by atoms with E-state index < -0.39 is 6.09 Å². The van der Waals surface area contributed by atoms with Crippen LogP contribution in [0.25, 0.3) is 10.2 Å². The number of thiazole rings is 1. The number of anilines is 2. The molecule has 2 N–H and O–H groups in total. The Kier molecular flexibility index (Phi) is 8.17. The topological polar surface area (TPSA) is 89.5 Å². The molecule has 158 valence electrons. The Hall–Kier alpha value is -2.97. The molecule has 2 amide bonds. The maximum Gasteiger partial charge on any atom is 0.411 e. The monoisotopic (exact) mass is 427 g/mol. The van der Waals surface area contributed by atoms with Crippen LogP contribution in [0.1, 0.15) is 24.3 Å². The molecular weight excluding hydrogens is 402 g/mol. The highest BCUT2D eigenvalue weighted by atomic mass is 32.1. The summed E-state index contributed by atoms with van der Waals surface area (Å²) >= 11 is 1.71. The number of rotatable bonds is 10. The Labute approximate surface area is 179 Å². The molecule has 0 bridgehead atoms. The highest BCUT2D eigenvalue weighted by molar-refractivity contribution is 7.18. The minimum atomic E-state index is -0.564. The number of aromatic nitrogens is 1. The Bertz CT molecular complexity index is 956. The van der Waals surface area contributed by atoms with E-state index in [4.69, 9.17) is 9.47 Å². The van der Waals surface area contributed by atoms with E-state index in [-0.39, 0.29) is 12.5 Å². The standard InChI is InChI=1S/C22H25N3O4S/c1-28-13-14-29-22(27)24-17-8-6-7-16(15-17)23-20(26)11-4-5-12-21-25-18-9-2-3-10-19(18)30-21/h2-3,6-10,15H,4-5,11-14H2,1H3,(H,23,26)(H,24,27). The Morgan fingerprint density at radius 3 is 2.60 bits per heavy atom. The van der Waals surface area contributed by atoms with Crippen LogP contribution in [0, 0.1) is 0 Å². The normalized spacial score (nSPS) is 10.7. The van der Waals surface area contributed by atoms with Gasteiger partial charge in [-0.15, -0.1) is 11.3 Å². The fourth-order valence-electron chi connectivity index (χ4n) is 2.86. The first-order chi connectivity index (χ1) is 14.6. The SMILES string of the molecule is COCCOC(=O)Nc1cccc(NC(=O)CCCCc2nc3ccccc3s2)c1. The Morgan fingerprint density at radius 2 is 1.80 bits per heavy atom. The molecule has 3 rings (SSSR count). The molecule has 0 radical (unpaired) electrons. The number of carbonyl (C=O) groups excluding carboxylic acids is 2. The van der Waals surface area contributed by atoms with Crippen LogP contribution in [0.15, 0.2) is 48.5 Å². The fraction of sp³-hybridized carbons (Fsp3) is 0.318. The van der Waals surface area contributed by atoms with Crippen molar-refractivity contribution in [2.45, 2.75) is 25.7 Å². The average molecular weight is 428 g/mol. The first-order valence-corrected chi connectivity index (χ1v) is 10.6. The molecule has 8 heteroatoms. The van der Waals surface area contributed by atoms with Crippen LogP contribution in [-0.2, 0) is 20.7 Å². The molecule has 0 saturated carbocycles. The number of ether oxygens (including phenoxy) is 2. The van der Waals surface area contributed by atoms with E-state index in [1.165, 1.54) is 11.8 Å². The number of fused-ring (bicyclic) bond motifs is 1. The summed E-state index contributed by atoms with van der Waals surface area (Å²) in [4.78, 5) is 28.5. The molecular formula is C22H25N3O4S. The van der Waals surface area contributed by atoms with Crippen molar-refractivity contribution in [3.63, 3.8) is 0 Å². The highest BCUT2D eigenvalue weighted by Crippen LogP contribution is 2.23. The van der Waals surface area contributed by atoms with Gasteiger partial charge in [-0.25, -0.2) is 9.78 Å². The predicted octanol–water partition coefficient (Wildman–Crippen LogP) is 4.84. The maximum absolute atomic E-state index is 12.2. The summed E-state index contributed by atoms with van der Waals surface area (Å²) in [5.41, 5.74) is 2.21. The van der Waals surface area contributed by atoms with Crippen LogP contribution in [0.4, 0.5) is 16.2 Å². The van der Waals surface area contributed by atoms with Crippen LogP contribution in [0.2, 0.25) is 0 Å². The summed E-state index contributed by atoms with van der Waals surface area (Å²) in [6, 6.07) is 15.1. The summed E-state index contributed by atoms with van der Waals surface area (Å²) in [6.45, 7) is 0.512. The summed E-state index contributed by atoms with van der Waals surface area (Å²) in [5, 5.41) is 6.59. The number of methoxy groups -OCH3 is 1. The number of nitrogens with zero attached hydrogens (tertiary/aromatic N) is 1. The van der Waals surface area contributed by atoms with Gasteiger partial charge in [-0.1, -0.05) is 18.2 Å². The fourth-order valence-corrected chi connectivity index (χ4v) is 3.87. The van der Waals surface area contributed by atoms with Crippen molar-refractivity contribution in [1.82, 2.24) is 4.98 Å². The number of hydrogen-bond donors (Lipinski definition) is 2. The molecule has 7 nitrogen and oxygen atoms in total. The minimum absolute atomic E-state index is 0.0564. The number of hydrogen-bond acceptors (Lipinski definition) is 6. The van der Waals surface area contributed by atoms with E-state index >= 15 is 0 Å². The predicted molar refractivity (Wildman–Crippen MR) is 119 cm³/mol. The molecule has 0 saturated heterocycles. The minimum Gasteiger partial charge on any atom is -0.447 e. The van der Waals surface area contributed by atoms with Gasteiger partial charge < -0.3 is 14.8 Å². The van der Waals surface area contributed by atoms with Gasteiger partial charge in [0.1, 0.15) is 6.61 Å². The van der Waals surface area contributed by atoms with Crippen molar-refractivity contribution >= 4 is 44.9 Å². The third-order valence-electron chi connectivity index (χ3n) is 4.30. The van der Waals surface area contributed by atoms with Crippen molar-refractivity contribution in [3.8, 4) is 0 Å². The van der Waals surface area contributed by atoms with Gasteiger partial charge in [0.05, 0.1) is 21.8 Å². The summed E-state index contributed by atoms with van der Waals surface area (Å²) in [5.74, 6) is -0.0564. The van der Waals surface area contributed by atoms with Gasteiger partial charge in [-0.2, -0.15) is 0 Å². The van der Waals surface area contributed by atoms with E-state index in [0.29, 0.717) is 24.4 Å². The van der Waals surface area contributed by atoms with Gasteiger partial charge in [-0.05, 0) is 49.6 Å². The molecule has 0 spiro atoms. The van der Waals surface area contributed by atoms with Gasteiger partial charge in [0.25, 0.3) is 0 Å². The van der Waals surface area contributed by atoms with Crippen molar-refractivity contribution in [1.29, 1.82) is 0 Å². The van der Waals surface area contributed by atoms with Crippen LogP contribution >= 0.6 is 11.3 Å². The molecule has 0 aliphatic carbocycles. The van der Waals surface area contributed by atoms with Crippen LogP contribution in [0.5, 0.6) is 0 Å². The summed E-state index contributed by atoms with van der Waals surface area (Å²) in [6.07, 6.45) is 2.43. The molecule has 1 heterocycles. The molecule has 2 aromatic carbocycles. The summed E-state index contributed by atoms with van der Waals surface area (Å²) in [7, 11) is 1.54. The second-order valence-electron chi connectivity index (χ2n) is 6.67. The number of para-hydroxylation sites is 1. The molecule has 1 aromatic heterocycles. The van der Waals surface area contributed by atoms with E-state index in [9.17, 15) is 9.59 Å². The number of unbranched alkanes of at least 4 members (excludes halogenated alkanes) is 1. The lowest BCUT2D eigenvalue weighted by Gasteiger charge is -2.09. The van der Waals surface area contributed by atoms with Crippen LogP contribution in [0.3, 0.4) is 0 Å². The number of nitrogens with one attached hydrogen (secondary N) is 2. The van der Waals surface area contributed by atoms with E-state index in [2.05, 4.69) is 21.7 Å². The third-order valence-corrected chi connectivity index (χ3v) is 5.39. The zero-order valence-corrected chi connectivity index (χ0v) is 17.7. The van der Waals surface area contributed by atoms with Crippen LogP contribution in [-0.4, -0.2) is 37.3 Å². The second kappa shape index (κ2) is 11.3. The lowest BCUT2D eigenvalue weighted by atomic mass is 10.2. The number of amides is 2. The average Bonchev–Trinajstić information content (AvgIpc) is 3.14. The lowest BCUT2D eigenvalue weighted by Crippen LogP contribution is -2.16. The van der Waals surface area contributed by atoms with E-state index in [1.54, 1.807) is 35.6 Å². The third kappa shape index (κ3) is 6.82. The number of benzene rings is 2. The van der Waals surface area contributed by atoms with Gasteiger partial charge in [-0.3, -0.25) is 10.1 Å². The van der Waals surface area contributed by atoms with E-state index in [0.717, 1.165) is 29.8 Å². The molecule has 0 aliphatic heterocycles. The molecule has 30 heavy (non-hydrogen) atoms. The molecule has 0 fully saturated rings.